The first-order valence-corrected chi connectivity index (χ1v) is 22.7. The summed E-state index contributed by atoms with van der Waals surface area (Å²) in [5.41, 5.74) is 1.37. The van der Waals surface area contributed by atoms with Gasteiger partial charge in [-0.1, -0.05) is 72.8 Å². The molecule has 0 N–H and O–H groups in total. The van der Waals surface area contributed by atoms with E-state index in [1.54, 1.807) is 0 Å². The maximum absolute atomic E-state index is 4.81. The largest absolute Gasteiger partial charge is 0.670 e. The zero-order chi connectivity index (χ0) is 33.9. The van der Waals surface area contributed by atoms with Crippen molar-refractivity contribution in [1.29, 1.82) is 0 Å². The smallest absolute Gasteiger partial charge is 0.150 e. The summed E-state index contributed by atoms with van der Waals surface area (Å²) in [7, 11) is 7.81. The molecular weight excluding hydrogens is 879 g/mol. The van der Waals surface area contributed by atoms with Crippen LogP contribution in [0.5, 0.6) is 0 Å². The molecule has 0 atom stereocenters. The third-order valence-corrected chi connectivity index (χ3v) is 13.0. The van der Waals surface area contributed by atoms with Crippen LogP contribution in [0.25, 0.3) is 0 Å². The SMILES string of the molecule is [Cl][Pd][Cl].[Fe].[Fe].c1cc[cH-]c1.c1cc[cH-]c1.c1ccc([P+](=C2[CH-][CH-][CH-][C-]2[c-]2cccc2[PH+](c2ccccc2)c2ccccc2)c2ccccc2)cc1. The molecule has 8 rings (SSSR count). The molecule has 0 nitrogen and oxygen atoms in total. The third kappa shape index (κ3) is 12.9. The Morgan fingerprint density at radius 3 is 1.33 bits per heavy atom. The zero-order valence-electron chi connectivity index (χ0n) is 27.5. The predicted octanol–water partition coefficient (Wildman–Crippen LogP) is 9.93. The normalized spacial score (nSPS) is 11.4. The predicted molar refractivity (Wildman–Crippen MR) is 217 cm³/mol. The first-order valence-electron chi connectivity index (χ1n) is 15.9. The zero-order valence-corrected chi connectivity index (χ0v) is 34.7. The van der Waals surface area contributed by atoms with Crippen LogP contribution >= 0.6 is 34.5 Å². The van der Waals surface area contributed by atoms with Gasteiger partial charge >= 0.3 is 35.0 Å². The van der Waals surface area contributed by atoms with Crippen LogP contribution in [-0.2, 0) is 50.1 Å². The number of benzene rings is 4. The second kappa shape index (κ2) is 24.8. The van der Waals surface area contributed by atoms with Crippen molar-refractivity contribution in [2.24, 2.45) is 0 Å². The van der Waals surface area contributed by atoms with Gasteiger partial charge in [0.05, 0.1) is 10.6 Å². The summed E-state index contributed by atoms with van der Waals surface area (Å²) in [6.45, 7) is 0. The summed E-state index contributed by atoms with van der Waals surface area (Å²) >= 11 is -0.106. The van der Waals surface area contributed by atoms with E-state index in [-0.39, 0.29) is 50.1 Å². The first kappa shape index (κ1) is 43.1. The van der Waals surface area contributed by atoms with Gasteiger partial charge in [-0.05, 0) is 48.5 Å². The van der Waals surface area contributed by atoms with Gasteiger partial charge in [0.1, 0.15) is 18.2 Å². The Balaban J connectivity index is 0.000000396. The molecule has 1 saturated carbocycles. The van der Waals surface area contributed by atoms with Crippen molar-refractivity contribution in [1.82, 2.24) is 0 Å². The molecular formula is C44H37Cl2Fe2P2Pd-5. The number of hydrogen-bond donors (Lipinski definition) is 0. The minimum Gasteiger partial charge on any atom is -0.670 e. The van der Waals surface area contributed by atoms with Gasteiger partial charge in [0.25, 0.3) is 0 Å². The van der Waals surface area contributed by atoms with Crippen molar-refractivity contribution in [3.63, 3.8) is 0 Å². The van der Waals surface area contributed by atoms with Crippen LogP contribution in [0.2, 0.25) is 0 Å². The molecule has 51 heavy (non-hydrogen) atoms. The van der Waals surface area contributed by atoms with Crippen LogP contribution < -0.4 is 26.5 Å². The quantitative estimate of drug-likeness (QED) is 0.0886. The fourth-order valence-electron chi connectivity index (χ4n) is 5.62. The van der Waals surface area contributed by atoms with E-state index in [0.29, 0.717) is 0 Å². The molecule has 0 heterocycles. The third-order valence-electron chi connectivity index (χ3n) is 7.67. The molecule has 7 aromatic rings. The van der Waals surface area contributed by atoms with Crippen LogP contribution in [0.15, 0.2) is 200 Å². The van der Waals surface area contributed by atoms with Gasteiger partial charge in [0, 0.05) is 42.1 Å². The average molecular weight is 917 g/mol. The van der Waals surface area contributed by atoms with E-state index in [2.05, 4.69) is 159 Å². The van der Waals surface area contributed by atoms with Crippen LogP contribution in [0.3, 0.4) is 0 Å². The molecule has 0 aliphatic heterocycles. The Labute approximate surface area is 344 Å². The molecule has 268 valence electrons. The molecule has 0 bridgehead atoms. The summed E-state index contributed by atoms with van der Waals surface area (Å²) in [6, 6.07) is 71.0. The van der Waals surface area contributed by atoms with E-state index in [4.69, 9.17) is 19.1 Å². The van der Waals surface area contributed by atoms with Crippen molar-refractivity contribution in [2.75, 3.05) is 0 Å². The van der Waals surface area contributed by atoms with Gasteiger partial charge in [-0.3, -0.25) is 17.7 Å². The van der Waals surface area contributed by atoms with Crippen LogP contribution in [0, 0.1) is 25.2 Å². The maximum Gasteiger partial charge on any atom is 0.150 e. The fraction of sp³-hybridized carbons (Fsp3) is 0. The van der Waals surface area contributed by atoms with Gasteiger partial charge in [-0.2, -0.15) is 36.4 Å². The first-order chi connectivity index (χ1) is 24.3. The summed E-state index contributed by atoms with van der Waals surface area (Å²) in [5.74, 6) is 1.36. The van der Waals surface area contributed by atoms with Crippen molar-refractivity contribution in [2.45, 2.75) is 0 Å². The van der Waals surface area contributed by atoms with Crippen LogP contribution in [0.4, 0.5) is 0 Å². The van der Waals surface area contributed by atoms with E-state index >= 15 is 0 Å². The Hall–Kier alpha value is -2.32. The molecule has 0 amide bonds. The van der Waals surface area contributed by atoms with Gasteiger partial charge in [0.2, 0.25) is 0 Å². The summed E-state index contributed by atoms with van der Waals surface area (Å²) in [4.78, 5) is 0. The molecule has 0 radical (unpaired) electrons. The molecule has 1 aliphatic carbocycles. The summed E-state index contributed by atoms with van der Waals surface area (Å²) < 4.78 is 0. The van der Waals surface area contributed by atoms with E-state index in [9.17, 15) is 0 Å². The number of rotatable bonds is 6. The van der Waals surface area contributed by atoms with Gasteiger partial charge in [-0.25, -0.2) is 30.3 Å². The van der Waals surface area contributed by atoms with Crippen molar-refractivity contribution >= 4 is 66.3 Å². The van der Waals surface area contributed by atoms with Gasteiger partial charge < -0.3 is 25.2 Å². The minimum absolute atomic E-state index is 0. The van der Waals surface area contributed by atoms with E-state index in [1.165, 1.54) is 43.3 Å². The topological polar surface area (TPSA) is 0 Å². The molecule has 0 spiro atoms. The fourth-order valence-corrected chi connectivity index (χ4v) is 10.8. The van der Waals surface area contributed by atoms with Crippen molar-refractivity contribution < 1.29 is 50.1 Å². The molecule has 7 aromatic carbocycles. The van der Waals surface area contributed by atoms with Gasteiger partial charge in [0.15, 0.2) is 0 Å². The van der Waals surface area contributed by atoms with Crippen LogP contribution in [0.1, 0.15) is 5.56 Å². The van der Waals surface area contributed by atoms with E-state index in [1.807, 2.05) is 60.7 Å². The standard InChI is InChI=1S/C34H26P2.2C5H5.2ClH.2Fe.Pd/c1-5-15-27(16-6-1)35(28-17-7-2-8-18-28)33-25-13-23-31(33)32-24-14-26-34(32)36(29-19-9-3-10-20-29)30-21-11-4-12-22-30;2*1-2-4-5-3-1;;;;;/h1-26H;2*1-5H;2*1H;;;/q-4;2*-1;;;;;+2/p-1. The van der Waals surface area contributed by atoms with Gasteiger partial charge in [-0.15, -0.1) is 10.6 Å². The summed E-state index contributed by atoms with van der Waals surface area (Å²) in [5, 5.41) is 8.50. The molecule has 1 aliphatic rings. The Morgan fingerprint density at radius 2 is 0.941 bits per heavy atom. The Bertz CT molecular complexity index is 1740. The second-order valence-corrected chi connectivity index (χ2v) is 17.8. The van der Waals surface area contributed by atoms with Crippen molar-refractivity contribution in [3.8, 4) is 0 Å². The second-order valence-electron chi connectivity index (χ2n) is 10.8. The Kier molecular flexibility index (Phi) is 21.0. The molecule has 1 fully saturated rings. The molecule has 7 heteroatoms. The maximum atomic E-state index is 4.81. The number of hydrogen-bond acceptors (Lipinski definition) is 0. The Morgan fingerprint density at radius 1 is 0.529 bits per heavy atom. The van der Waals surface area contributed by atoms with Crippen LogP contribution in [-0.4, -0.2) is 5.29 Å². The molecule has 0 unspecified atom stereocenters. The summed E-state index contributed by atoms with van der Waals surface area (Å²) in [6.07, 6.45) is 6.90. The van der Waals surface area contributed by atoms with E-state index in [0.717, 1.165) is 0 Å². The average Bonchev–Trinajstić information content (AvgIpc) is 4.01. The monoisotopic (exact) mass is 915 g/mol. The minimum atomic E-state index is -1.15. The molecule has 0 saturated heterocycles. The number of halogens is 2. The van der Waals surface area contributed by atoms with Crippen molar-refractivity contribution in [3.05, 3.63) is 231 Å². The van der Waals surface area contributed by atoms with E-state index < -0.39 is 15.5 Å². The molecule has 0 aromatic heterocycles.